The predicted molar refractivity (Wildman–Crippen MR) is 106 cm³/mol. The van der Waals surface area contributed by atoms with Crippen molar-refractivity contribution in [3.05, 3.63) is 54.0 Å². The molecular weight excluding hydrogens is 380 g/mol. The number of nitrogens with one attached hydrogen (secondary N) is 1. The van der Waals surface area contributed by atoms with Gasteiger partial charge in [-0.15, -0.1) is 11.8 Å². The van der Waals surface area contributed by atoms with Crippen molar-refractivity contribution in [3.8, 4) is 0 Å². The summed E-state index contributed by atoms with van der Waals surface area (Å²) in [7, 11) is 0. The van der Waals surface area contributed by atoms with Gasteiger partial charge in [0.25, 0.3) is 5.91 Å². The highest BCUT2D eigenvalue weighted by molar-refractivity contribution is 7.99. The first kappa shape index (κ1) is 20.0. The Morgan fingerprint density at radius 2 is 2.00 bits per heavy atom. The third-order valence-electron chi connectivity index (χ3n) is 4.41. The minimum absolute atomic E-state index is 0.256. The standard InChI is InChI=1S/C20H22N2O5S/c1-3-14-6-8-15(9-7-14)21-18(24)11-27-20(25)16-12-28-19(22(16)13(2)23)17-5-4-10-26-17/h4-10,16,19H,3,11-12H2,1-2H3,(H,21,24)/t16-,19+/m1/s1. The van der Waals surface area contributed by atoms with E-state index in [1.807, 2.05) is 12.1 Å². The lowest BCUT2D eigenvalue weighted by molar-refractivity contribution is -0.155. The van der Waals surface area contributed by atoms with Crippen LogP contribution < -0.4 is 5.32 Å². The molecule has 1 aliphatic rings. The normalized spacial score (nSPS) is 18.7. The Bertz CT molecular complexity index is 835. The second kappa shape index (κ2) is 8.97. The lowest BCUT2D eigenvalue weighted by Gasteiger charge is -2.25. The molecule has 1 aromatic carbocycles. The van der Waals surface area contributed by atoms with Gasteiger partial charge in [-0.05, 0) is 36.2 Å². The van der Waals surface area contributed by atoms with E-state index in [4.69, 9.17) is 9.15 Å². The van der Waals surface area contributed by atoms with E-state index in [0.717, 1.165) is 6.42 Å². The topological polar surface area (TPSA) is 88.8 Å². The van der Waals surface area contributed by atoms with Crippen LogP contribution in [0.25, 0.3) is 0 Å². The molecular formula is C20H22N2O5S. The van der Waals surface area contributed by atoms with Gasteiger partial charge in [0.05, 0.1) is 6.26 Å². The monoisotopic (exact) mass is 402 g/mol. The molecule has 1 fully saturated rings. The number of carbonyl (C=O) groups excluding carboxylic acids is 3. The number of rotatable bonds is 6. The summed E-state index contributed by atoms with van der Waals surface area (Å²) in [5, 5.41) is 2.31. The van der Waals surface area contributed by atoms with Crippen LogP contribution in [0, 0.1) is 0 Å². The molecule has 148 valence electrons. The molecule has 0 aliphatic carbocycles. The van der Waals surface area contributed by atoms with E-state index >= 15 is 0 Å². The summed E-state index contributed by atoms with van der Waals surface area (Å²) in [5.41, 5.74) is 1.80. The zero-order chi connectivity index (χ0) is 20.1. The first-order valence-electron chi connectivity index (χ1n) is 8.99. The zero-order valence-corrected chi connectivity index (χ0v) is 16.5. The summed E-state index contributed by atoms with van der Waals surface area (Å²) in [5.74, 6) is -0.310. The van der Waals surface area contributed by atoms with Crippen LogP contribution in [0.1, 0.15) is 30.5 Å². The van der Waals surface area contributed by atoms with Gasteiger partial charge in [-0.25, -0.2) is 4.79 Å². The third kappa shape index (κ3) is 4.56. The van der Waals surface area contributed by atoms with Gasteiger partial charge >= 0.3 is 5.97 Å². The maximum atomic E-state index is 12.5. The molecule has 8 heteroatoms. The van der Waals surface area contributed by atoms with Crippen molar-refractivity contribution >= 4 is 35.2 Å². The minimum atomic E-state index is -0.755. The average molecular weight is 402 g/mol. The number of anilines is 1. The van der Waals surface area contributed by atoms with Gasteiger partial charge in [0.2, 0.25) is 5.91 Å². The minimum Gasteiger partial charge on any atom is -0.466 e. The van der Waals surface area contributed by atoms with Gasteiger partial charge in [0.15, 0.2) is 6.61 Å². The Labute approximate surface area is 167 Å². The Morgan fingerprint density at radius 3 is 2.61 bits per heavy atom. The van der Waals surface area contributed by atoms with Gasteiger partial charge < -0.3 is 19.4 Å². The fourth-order valence-corrected chi connectivity index (χ4v) is 4.39. The van der Waals surface area contributed by atoms with Crippen LogP contribution in [0.4, 0.5) is 5.69 Å². The maximum Gasteiger partial charge on any atom is 0.330 e. The summed E-state index contributed by atoms with van der Waals surface area (Å²) < 4.78 is 10.5. The number of amides is 2. The molecule has 2 amide bonds. The van der Waals surface area contributed by atoms with Gasteiger partial charge in [-0.3, -0.25) is 9.59 Å². The molecule has 2 aromatic rings. The van der Waals surface area contributed by atoms with E-state index in [-0.39, 0.29) is 11.3 Å². The lowest BCUT2D eigenvalue weighted by atomic mass is 10.1. The van der Waals surface area contributed by atoms with E-state index < -0.39 is 24.5 Å². The molecule has 3 rings (SSSR count). The molecule has 0 unspecified atom stereocenters. The maximum absolute atomic E-state index is 12.5. The molecule has 2 heterocycles. The van der Waals surface area contributed by atoms with Crippen molar-refractivity contribution in [2.75, 3.05) is 17.7 Å². The van der Waals surface area contributed by atoms with E-state index in [2.05, 4.69) is 12.2 Å². The molecule has 1 saturated heterocycles. The van der Waals surface area contributed by atoms with Crippen LogP contribution >= 0.6 is 11.8 Å². The van der Waals surface area contributed by atoms with Crippen molar-refractivity contribution < 1.29 is 23.5 Å². The fraction of sp³-hybridized carbons (Fsp3) is 0.350. The number of aryl methyl sites for hydroxylation is 1. The van der Waals surface area contributed by atoms with Gasteiger partial charge in [0, 0.05) is 18.4 Å². The highest BCUT2D eigenvalue weighted by atomic mass is 32.2. The van der Waals surface area contributed by atoms with Gasteiger partial charge in [-0.2, -0.15) is 0 Å². The van der Waals surface area contributed by atoms with Crippen LogP contribution in [0.5, 0.6) is 0 Å². The number of hydrogen-bond acceptors (Lipinski definition) is 6. The average Bonchev–Trinajstić information content (AvgIpc) is 3.36. The Balaban J connectivity index is 1.56. The lowest BCUT2D eigenvalue weighted by Crippen LogP contribution is -2.43. The molecule has 7 nitrogen and oxygen atoms in total. The Kier molecular flexibility index (Phi) is 6.41. The molecule has 1 aliphatic heterocycles. The second-order valence-corrected chi connectivity index (χ2v) is 7.46. The first-order chi connectivity index (χ1) is 13.5. The number of esters is 1. The third-order valence-corrected chi connectivity index (χ3v) is 5.70. The summed E-state index contributed by atoms with van der Waals surface area (Å²) in [6.07, 6.45) is 2.44. The zero-order valence-electron chi connectivity index (χ0n) is 15.7. The number of carbonyl (C=O) groups is 3. The van der Waals surface area contributed by atoms with Crippen molar-refractivity contribution in [2.45, 2.75) is 31.7 Å². The number of benzene rings is 1. The van der Waals surface area contributed by atoms with E-state index in [1.165, 1.54) is 35.4 Å². The molecule has 28 heavy (non-hydrogen) atoms. The number of nitrogens with zero attached hydrogens (tertiary/aromatic N) is 1. The quantitative estimate of drug-likeness (QED) is 0.748. The second-order valence-electron chi connectivity index (χ2n) is 6.35. The van der Waals surface area contributed by atoms with Crippen molar-refractivity contribution in [1.82, 2.24) is 4.90 Å². The van der Waals surface area contributed by atoms with E-state index in [9.17, 15) is 14.4 Å². The number of furan rings is 1. The van der Waals surface area contributed by atoms with Gasteiger partial charge in [-0.1, -0.05) is 19.1 Å². The molecule has 2 atom stereocenters. The highest BCUT2D eigenvalue weighted by Gasteiger charge is 2.43. The predicted octanol–water partition coefficient (Wildman–Crippen LogP) is 2.99. The molecule has 1 N–H and O–H groups in total. The Hall–Kier alpha value is -2.74. The van der Waals surface area contributed by atoms with Crippen LogP contribution in [0.2, 0.25) is 0 Å². The molecule has 1 aromatic heterocycles. The van der Waals surface area contributed by atoms with Crippen molar-refractivity contribution in [2.24, 2.45) is 0 Å². The van der Waals surface area contributed by atoms with Crippen LogP contribution in [0.15, 0.2) is 47.1 Å². The van der Waals surface area contributed by atoms with Gasteiger partial charge in [0.1, 0.15) is 17.2 Å². The number of ether oxygens (including phenoxy) is 1. The van der Waals surface area contributed by atoms with Crippen molar-refractivity contribution in [3.63, 3.8) is 0 Å². The van der Waals surface area contributed by atoms with Crippen molar-refractivity contribution in [1.29, 1.82) is 0 Å². The number of hydrogen-bond donors (Lipinski definition) is 1. The largest absolute Gasteiger partial charge is 0.466 e. The summed E-state index contributed by atoms with van der Waals surface area (Å²) in [6.45, 7) is 3.04. The SMILES string of the molecule is CCc1ccc(NC(=O)COC(=O)[C@H]2CS[C@@H](c3ccco3)N2C(C)=O)cc1. The first-order valence-corrected chi connectivity index (χ1v) is 10.0. The Morgan fingerprint density at radius 1 is 1.25 bits per heavy atom. The highest BCUT2D eigenvalue weighted by Crippen LogP contribution is 2.41. The smallest absolute Gasteiger partial charge is 0.330 e. The fourth-order valence-electron chi connectivity index (χ4n) is 2.98. The van der Waals surface area contributed by atoms with Crippen LogP contribution in [-0.4, -0.2) is 41.1 Å². The van der Waals surface area contributed by atoms with E-state index in [1.54, 1.807) is 24.3 Å². The summed E-state index contributed by atoms with van der Waals surface area (Å²) >= 11 is 1.42. The van der Waals surface area contributed by atoms with Crippen LogP contribution in [0.3, 0.4) is 0 Å². The summed E-state index contributed by atoms with van der Waals surface area (Å²) in [6, 6.07) is 10.2. The molecule has 0 radical (unpaired) electrons. The number of thioether (sulfide) groups is 1. The molecule has 0 saturated carbocycles. The molecule has 0 bridgehead atoms. The summed E-state index contributed by atoms with van der Waals surface area (Å²) in [4.78, 5) is 38.1. The van der Waals surface area contributed by atoms with E-state index in [0.29, 0.717) is 17.2 Å². The molecule has 0 spiro atoms. The van der Waals surface area contributed by atoms with Crippen LogP contribution in [-0.2, 0) is 25.5 Å².